The Kier molecular flexibility index (Phi) is 2.89. The lowest BCUT2D eigenvalue weighted by Gasteiger charge is -1.99. The molecular weight excluding hydrogens is 282 g/mol. The first-order valence-corrected chi connectivity index (χ1v) is 8.01. The molecule has 0 aromatic carbocycles. The molecule has 3 aromatic heterocycles. The number of aromatic amines is 1. The fourth-order valence-electron chi connectivity index (χ4n) is 2.93. The van der Waals surface area contributed by atoms with Gasteiger partial charge >= 0.3 is 0 Å². The summed E-state index contributed by atoms with van der Waals surface area (Å²) in [7, 11) is 0. The molecule has 4 nitrogen and oxygen atoms in total. The first-order valence-electron chi connectivity index (χ1n) is 7.20. The van der Waals surface area contributed by atoms with Crippen molar-refractivity contribution in [1.82, 2.24) is 9.97 Å². The lowest BCUT2D eigenvalue weighted by Crippen LogP contribution is -2.35. The molecule has 1 N–H and O–H groups in total. The van der Waals surface area contributed by atoms with Crippen molar-refractivity contribution in [1.29, 1.82) is 0 Å². The molecule has 0 saturated heterocycles. The molecule has 4 rings (SSSR count). The van der Waals surface area contributed by atoms with Crippen LogP contribution in [0.3, 0.4) is 0 Å². The summed E-state index contributed by atoms with van der Waals surface area (Å²) in [5.41, 5.74) is 2.47. The number of nitrogens with zero attached hydrogens (tertiary/aromatic N) is 2. The Morgan fingerprint density at radius 2 is 2.14 bits per heavy atom. The minimum atomic E-state index is 0.0158. The van der Waals surface area contributed by atoms with Crippen LogP contribution in [-0.2, 0) is 19.4 Å². The highest BCUT2D eigenvalue weighted by molar-refractivity contribution is 7.18. The molecule has 3 heterocycles. The molecule has 106 valence electrons. The van der Waals surface area contributed by atoms with Gasteiger partial charge in [0.05, 0.1) is 5.39 Å². The summed E-state index contributed by atoms with van der Waals surface area (Å²) < 4.78 is 2.03. The largest absolute Gasteiger partial charge is 0.305 e. The van der Waals surface area contributed by atoms with Gasteiger partial charge in [-0.3, -0.25) is 4.79 Å². The maximum absolute atomic E-state index is 12.4. The fraction of sp³-hybridized carbons (Fsp3) is 0.312. The Hall–Kier alpha value is -2.01. The van der Waals surface area contributed by atoms with Crippen LogP contribution in [0.1, 0.15) is 28.2 Å². The van der Waals surface area contributed by atoms with E-state index in [0.29, 0.717) is 6.54 Å². The number of thiophene rings is 1. The van der Waals surface area contributed by atoms with E-state index in [0.717, 1.165) is 35.3 Å². The second kappa shape index (κ2) is 4.77. The normalized spacial score (nSPS) is 13.8. The zero-order valence-corrected chi connectivity index (χ0v) is 12.7. The molecular formula is C16H16N3OS+. The molecule has 21 heavy (non-hydrogen) atoms. The molecule has 0 amide bonds. The summed E-state index contributed by atoms with van der Waals surface area (Å²) in [6, 6.07) is 4.10. The molecule has 0 fully saturated rings. The molecule has 0 bridgehead atoms. The van der Waals surface area contributed by atoms with Crippen LogP contribution in [0.25, 0.3) is 10.2 Å². The second-order valence-electron chi connectivity index (χ2n) is 5.60. The van der Waals surface area contributed by atoms with E-state index in [9.17, 15) is 4.79 Å². The summed E-state index contributed by atoms with van der Waals surface area (Å²) in [6.07, 6.45) is 7.30. The highest BCUT2D eigenvalue weighted by Gasteiger charge is 2.21. The van der Waals surface area contributed by atoms with Crippen molar-refractivity contribution in [2.75, 3.05) is 0 Å². The maximum atomic E-state index is 12.4. The quantitative estimate of drug-likeness (QED) is 0.737. The molecule has 0 saturated carbocycles. The molecule has 0 aliphatic heterocycles. The van der Waals surface area contributed by atoms with E-state index in [1.165, 1.54) is 16.0 Å². The van der Waals surface area contributed by atoms with Crippen molar-refractivity contribution in [2.24, 2.45) is 0 Å². The van der Waals surface area contributed by atoms with Crippen LogP contribution in [0.4, 0.5) is 0 Å². The second-order valence-corrected chi connectivity index (χ2v) is 6.68. The van der Waals surface area contributed by atoms with Gasteiger partial charge in [-0.15, -0.1) is 11.3 Å². The minimum absolute atomic E-state index is 0.0158. The van der Waals surface area contributed by atoms with Gasteiger partial charge in [0.25, 0.3) is 5.56 Å². The van der Waals surface area contributed by atoms with E-state index < -0.39 is 0 Å². The number of aromatic nitrogens is 3. The average Bonchev–Trinajstić information content (AvgIpc) is 3.01. The average molecular weight is 298 g/mol. The summed E-state index contributed by atoms with van der Waals surface area (Å²) >= 11 is 1.69. The lowest BCUT2D eigenvalue weighted by molar-refractivity contribution is -0.689. The van der Waals surface area contributed by atoms with Crippen molar-refractivity contribution in [2.45, 2.75) is 32.7 Å². The number of aryl methyl sites for hydroxylation is 3. The predicted octanol–water partition coefficient (Wildman–Crippen LogP) is 2.12. The minimum Gasteiger partial charge on any atom is -0.305 e. The van der Waals surface area contributed by atoms with E-state index in [4.69, 9.17) is 0 Å². The molecule has 1 aliphatic rings. The summed E-state index contributed by atoms with van der Waals surface area (Å²) in [6.45, 7) is 2.65. The first kappa shape index (κ1) is 12.7. The standard InChI is InChI=1S/C16H15N3OS/c1-10-5-7-19(8-6-10)9-13-17-15(20)14-11-3-2-4-12(11)21-16(14)18-13/h5-8H,2-4,9H2,1H3/p+1. The fourth-order valence-corrected chi connectivity index (χ4v) is 4.21. The predicted molar refractivity (Wildman–Crippen MR) is 82.7 cm³/mol. The zero-order chi connectivity index (χ0) is 14.4. The third-order valence-corrected chi connectivity index (χ3v) is 5.20. The van der Waals surface area contributed by atoms with Crippen LogP contribution in [0.15, 0.2) is 29.3 Å². The Bertz CT molecular complexity index is 877. The van der Waals surface area contributed by atoms with E-state index >= 15 is 0 Å². The van der Waals surface area contributed by atoms with Crippen LogP contribution >= 0.6 is 11.3 Å². The number of rotatable bonds is 2. The monoisotopic (exact) mass is 298 g/mol. The molecule has 0 radical (unpaired) electrons. The number of pyridine rings is 1. The third-order valence-electron chi connectivity index (χ3n) is 4.01. The summed E-state index contributed by atoms with van der Waals surface area (Å²) in [5, 5.41) is 0.824. The van der Waals surface area contributed by atoms with Gasteiger partial charge in [0.15, 0.2) is 18.2 Å². The van der Waals surface area contributed by atoms with Crippen LogP contribution in [-0.4, -0.2) is 9.97 Å². The molecule has 0 atom stereocenters. The topological polar surface area (TPSA) is 49.6 Å². The van der Waals surface area contributed by atoms with E-state index in [2.05, 4.69) is 29.0 Å². The number of nitrogens with one attached hydrogen (secondary N) is 1. The van der Waals surface area contributed by atoms with Gasteiger partial charge < -0.3 is 4.98 Å². The van der Waals surface area contributed by atoms with E-state index in [1.807, 2.05) is 17.0 Å². The van der Waals surface area contributed by atoms with Gasteiger partial charge in [0.2, 0.25) is 6.54 Å². The van der Waals surface area contributed by atoms with Gasteiger partial charge in [-0.2, -0.15) is 4.57 Å². The van der Waals surface area contributed by atoms with E-state index in [1.54, 1.807) is 11.3 Å². The number of hydrogen-bond donors (Lipinski definition) is 1. The van der Waals surface area contributed by atoms with Gasteiger partial charge in [-0.05, 0) is 37.3 Å². The first-order chi connectivity index (χ1) is 10.2. The van der Waals surface area contributed by atoms with Crippen molar-refractivity contribution < 1.29 is 4.57 Å². The van der Waals surface area contributed by atoms with Crippen LogP contribution in [0.2, 0.25) is 0 Å². The third kappa shape index (κ3) is 2.17. The summed E-state index contributed by atoms with van der Waals surface area (Å²) in [5.74, 6) is 0.723. The van der Waals surface area contributed by atoms with Crippen molar-refractivity contribution >= 4 is 21.6 Å². The summed E-state index contributed by atoms with van der Waals surface area (Å²) in [4.78, 5) is 22.2. The number of hydrogen-bond acceptors (Lipinski definition) is 3. The van der Waals surface area contributed by atoms with Crippen molar-refractivity contribution in [3.05, 3.63) is 56.7 Å². The van der Waals surface area contributed by atoms with Crippen LogP contribution < -0.4 is 10.1 Å². The Morgan fingerprint density at radius 1 is 1.33 bits per heavy atom. The molecule has 0 spiro atoms. The van der Waals surface area contributed by atoms with Gasteiger partial charge in [0, 0.05) is 17.0 Å². The molecule has 3 aromatic rings. The van der Waals surface area contributed by atoms with Crippen LogP contribution in [0, 0.1) is 6.92 Å². The highest BCUT2D eigenvalue weighted by atomic mass is 32.1. The van der Waals surface area contributed by atoms with Gasteiger partial charge in [-0.1, -0.05) is 0 Å². The lowest BCUT2D eigenvalue weighted by atomic mass is 10.2. The van der Waals surface area contributed by atoms with Gasteiger partial charge in [0.1, 0.15) is 4.83 Å². The van der Waals surface area contributed by atoms with E-state index in [-0.39, 0.29) is 5.56 Å². The Balaban J connectivity index is 1.77. The molecule has 1 aliphatic carbocycles. The number of H-pyrrole nitrogens is 1. The highest BCUT2D eigenvalue weighted by Crippen LogP contribution is 2.34. The molecule has 5 heteroatoms. The van der Waals surface area contributed by atoms with Crippen molar-refractivity contribution in [3.63, 3.8) is 0 Å². The van der Waals surface area contributed by atoms with Crippen LogP contribution in [0.5, 0.6) is 0 Å². The van der Waals surface area contributed by atoms with Crippen molar-refractivity contribution in [3.8, 4) is 0 Å². The zero-order valence-electron chi connectivity index (χ0n) is 11.8. The van der Waals surface area contributed by atoms with Gasteiger partial charge in [-0.25, -0.2) is 4.98 Å². The SMILES string of the molecule is Cc1cc[n+](Cc2nc3sc4c(c3c(=O)[nH]2)CCC4)cc1. The Morgan fingerprint density at radius 3 is 2.95 bits per heavy atom. The maximum Gasteiger partial charge on any atom is 0.260 e. The Labute approximate surface area is 126 Å². The smallest absolute Gasteiger partial charge is 0.260 e. The number of fused-ring (bicyclic) bond motifs is 3. The molecule has 0 unspecified atom stereocenters.